The first-order valence-corrected chi connectivity index (χ1v) is 8.73. The lowest BCUT2D eigenvalue weighted by atomic mass is 9.93. The highest BCUT2D eigenvalue weighted by atomic mass is 16.2. The zero-order valence-corrected chi connectivity index (χ0v) is 14.1. The number of rotatable bonds is 1. The van der Waals surface area contributed by atoms with Crippen LogP contribution in [0.2, 0.25) is 0 Å². The number of hydrogen-bond donors (Lipinski definition) is 0. The Morgan fingerprint density at radius 3 is 2.11 bits per heavy atom. The fourth-order valence-electron chi connectivity index (χ4n) is 4.22. The van der Waals surface area contributed by atoms with Gasteiger partial charge in [-0.05, 0) is 39.1 Å². The fraction of sp³-hybridized carbons (Fsp3) is 0. The van der Waals surface area contributed by atoms with Crippen LogP contribution in [-0.2, 0) is 0 Å². The van der Waals surface area contributed by atoms with Crippen molar-refractivity contribution in [2.75, 3.05) is 4.90 Å². The van der Waals surface area contributed by atoms with E-state index in [1.807, 2.05) is 30.3 Å². The molecule has 4 nitrogen and oxygen atoms in total. The third-order valence-electron chi connectivity index (χ3n) is 5.43. The number of carbonyl (C=O) groups is 2. The number of pyridine rings is 1. The van der Waals surface area contributed by atoms with Gasteiger partial charge >= 0.3 is 0 Å². The van der Waals surface area contributed by atoms with Crippen molar-refractivity contribution in [3.63, 3.8) is 0 Å². The van der Waals surface area contributed by atoms with Gasteiger partial charge in [-0.3, -0.25) is 14.6 Å². The molecule has 0 unspecified atom stereocenters. The summed E-state index contributed by atoms with van der Waals surface area (Å²) in [6, 6.07) is 19.9. The summed E-state index contributed by atoms with van der Waals surface area (Å²) in [6.07, 6.45) is 3.00. The molecule has 0 aliphatic carbocycles. The van der Waals surface area contributed by atoms with E-state index in [1.165, 1.54) is 17.3 Å². The Labute approximate surface area is 154 Å². The number of amides is 2. The average molecular weight is 348 g/mol. The first-order valence-electron chi connectivity index (χ1n) is 8.73. The van der Waals surface area contributed by atoms with E-state index in [-0.39, 0.29) is 11.8 Å². The van der Waals surface area contributed by atoms with Gasteiger partial charge in [0.05, 0.1) is 16.8 Å². The number of aromatic nitrogens is 1. The van der Waals surface area contributed by atoms with E-state index in [4.69, 9.17) is 0 Å². The lowest BCUT2D eigenvalue weighted by molar-refractivity contribution is 0.0926. The molecular formula is C23H12N2O2. The lowest BCUT2D eigenvalue weighted by Gasteiger charge is -2.19. The normalized spacial score (nSPS) is 14.0. The van der Waals surface area contributed by atoms with Gasteiger partial charge in [0.2, 0.25) is 0 Å². The standard InChI is InChI=1S/C23H12N2O2/c26-22-16-10-11-24-12-18(16)23(27)25(22)19-9-7-15-5-4-13-2-1-3-14-6-8-17(19)21(15)20(13)14/h1-12H. The molecule has 0 radical (unpaired) electrons. The second kappa shape index (κ2) is 4.89. The third-order valence-corrected chi connectivity index (χ3v) is 5.43. The maximum atomic E-state index is 12.9. The monoisotopic (exact) mass is 348 g/mol. The van der Waals surface area contributed by atoms with Crippen LogP contribution in [0, 0.1) is 0 Å². The van der Waals surface area contributed by atoms with E-state index in [0.717, 1.165) is 32.3 Å². The van der Waals surface area contributed by atoms with Crippen molar-refractivity contribution >= 4 is 49.8 Å². The van der Waals surface area contributed by atoms with Crippen molar-refractivity contribution in [1.29, 1.82) is 0 Å². The Morgan fingerprint density at radius 2 is 1.33 bits per heavy atom. The van der Waals surface area contributed by atoms with Crippen molar-refractivity contribution in [2.45, 2.75) is 0 Å². The number of carbonyl (C=O) groups excluding carboxylic acids is 2. The topological polar surface area (TPSA) is 50.3 Å². The number of hydrogen-bond acceptors (Lipinski definition) is 3. The van der Waals surface area contributed by atoms with Gasteiger partial charge in [0, 0.05) is 17.8 Å². The van der Waals surface area contributed by atoms with Crippen molar-refractivity contribution < 1.29 is 9.59 Å². The van der Waals surface area contributed by atoms with E-state index in [1.54, 1.807) is 6.07 Å². The SMILES string of the molecule is O=C1c2ccncc2C(=O)N1c1ccc2ccc3cccc4ccc1c2c34. The number of imide groups is 1. The Balaban J connectivity index is 1.70. The van der Waals surface area contributed by atoms with Gasteiger partial charge in [-0.25, -0.2) is 4.90 Å². The van der Waals surface area contributed by atoms with Crippen LogP contribution in [0.4, 0.5) is 5.69 Å². The first kappa shape index (κ1) is 14.4. The Morgan fingerprint density at radius 1 is 0.667 bits per heavy atom. The summed E-state index contributed by atoms with van der Waals surface area (Å²) in [6.45, 7) is 0. The molecule has 0 bridgehead atoms. The summed E-state index contributed by atoms with van der Waals surface area (Å²) in [5.74, 6) is -0.620. The summed E-state index contributed by atoms with van der Waals surface area (Å²) >= 11 is 0. The largest absolute Gasteiger partial charge is 0.268 e. The Kier molecular flexibility index (Phi) is 2.60. The molecule has 2 heterocycles. The maximum absolute atomic E-state index is 12.9. The highest BCUT2D eigenvalue weighted by molar-refractivity contribution is 6.37. The van der Waals surface area contributed by atoms with Gasteiger partial charge in [0.15, 0.2) is 0 Å². The summed E-state index contributed by atoms with van der Waals surface area (Å²) in [4.78, 5) is 31.2. The molecule has 4 heteroatoms. The van der Waals surface area contributed by atoms with E-state index in [0.29, 0.717) is 16.8 Å². The number of nitrogens with zero attached hydrogens (tertiary/aromatic N) is 2. The summed E-state index contributed by atoms with van der Waals surface area (Å²) in [5.41, 5.74) is 1.38. The van der Waals surface area contributed by atoms with E-state index >= 15 is 0 Å². The zero-order valence-electron chi connectivity index (χ0n) is 14.1. The predicted octanol–water partition coefficient (Wildman–Crippen LogP) is 4.78. The van der Waals surface area contributed by atoms with Crippen LogP contribution >= 0.6 is 0 Å². The molecule has 1 aliphatic heterocycles. The molecule has 6 rings (SSSR count). The molecular weight excluding hydrogens is 336 g/mol. The molecule has 1 aromatic heterocycles. The number of fused-ring (bicyclic) bond motifs is 1. The van der Waals surface area contributed by atoms with Crippen LogP contribution in [-0.4, -0.2) is 16.8 Å². The number of benzene rings is 4. The maximum Gasteiger partial charge on any atom is 0.267 e. The molecule has 0 saturated carbocycles. The van der Waals surface area contributed by atoms with E-state index in [2.05, 4.69) is 29.2 Å². The van der Waals surface area contributed by atoms with Crippen molar-refractivity contribution in [2.24, 2.45) is 0 Å². The Bertz CT molecular complexity index is 1370. The molecule has 0 spiro atoms. The quantitative estimate of drug-likeness (QED) is 0.324. The number of anilines is 1. The minimum Gasteiger partial charge on any atom is -0.268 e. The minimum atomic E-state index is -0.321. The zero-order chi connectivity index (χ0) is 18.1. The molecule has 126 valence electrons. The van der Waals surface area contributed by atoms with Crippen LogP contribution in [0.1, 0.15) is 20.7 Å². The second-order valence-electron chi connectivity index (χ2n) is 6.81. The third kappa shape index (κ3) is 1.74. The van der Waals surface area contributed by atoms with Crippen molar-refractivity contribution in [3.05, 3.63) is 84.2 Å². The smallest absolute Gasteiger partial charge is 0.267 e. The molecule has 0 N–H and O–H groups in total. The first-order chi connectivity index (χ1) is 13.2. The van der Waals surface area contributed by atoms with Crippen molar-refractivity contribution in [3.8, 4) is 0 Å². The van der Waals surface area contributed by atoms with Crippen LogP contribution in [0.25, 0.3) is 32.3 Å². The van der Waals surface area contributed by atoms with Gasteiger partial charge < -0.3 is 0 Å². The molecule has 0 fully saturated rings. The lowest BCUT2D eigenvalue weighted by Crippen LogP contribution is -2.29. The van der Waals surface area contributed by atoms with Crippen LogP contribution in [0.3, 0.4) is 0 Å². The molecule has 0 saturated heterocycles. The Hall–Kier alpha value is -3.79. The summed E-state index contributed by atoms with van der Waals surface area (Å²) in [7, 11) is 0. The van der Waals surface area contributed by atoms with E-state index in [9.17, 15) is 9.59 Å². The molecule has 1 aliphatic rings. The second-order valence-corrected chi connectivity index (χ2v) is 6.81. The summed E-state index contributed by atoms with van der Waals surface area (Å²) in [5, 5.41) is 6.53. The summed E-state index contributed by atoms with van der Waals surface area (Å²) < 4.78 is 0. The van der Waals surface area contributed by atoms with Gasteiger partial charge in [0.1, 0.15) is 0 Å². The van der Waals surface area contributed by atoms with Crippen LogP contribution < -0.4 is 4.90 Å². The highest BCUT2D eigenvalue weighted by Crippen LogP contribution is 2.40. The molecule has 0 atom stereocenters. The molecule has 2 amide bonds. The van der Waals surface area contributed by atoms with Gasteiger partial charge in [-0.1, -0.05) is 48.5 Å². The van der Waals surface area contributed by atoms with Crippen LogP contribution in [0.15, 0.2) is 73.1 Å². The van der Waals surface area contributed by atoms with Crippen LogP contribution in [0.5, 0.6) is 0 Å². The minimum absolute atomic E-state index is 0.299. The van der Waals surface area contributed by atoms with E-state index < -0.39 is 0 Å². The van der Waals surface area contributed by atoms with Gasteiger partial charge in [-0.15, -0.1) is 0 Å². The van der Waals surface area contributed by atoms with Gasteiger partial charge in [0.25, 0.3) is 11.8 Å². The molecule has 4 aromatic carbocycles. The molecule has 5 aromatic rings. The molecule has 27 heavy (non-hydrogen) atoms. The van der Waals surface area contributed by atoms with Gasteiger partial charge in [-0.2, -0.15) is 0 Å². The van der Waals surface area contributed by atoms with Crippen molar-refractivity contribution in [1.82, 2.24) is 4.98 Å². The average Bonchev–Trinajstić information content (AvgIpc) is 2.97. The fourth-order valence-corrected chi connectivity index (χ4v) is 4.22. The predicted molar refractivity (Wildman–Crippen MR) is 106 cm³/mol. The highest BCUT2D eigenvalue weighted by Gasteiger charge is 2.37.